The maximum absolute atomic E-state index is 9.50. The van der Waals surface area contributed by atoms with E-state index in [0.717, 1.165) is 43.8 Å². The van der Waals surface area contributed by atoms with Crippen molar-refractivity contribution >= 4 is 0 Å². The third-order valence-electron chi connectivity index (χ3n) is 5.64. The Balaban J connectivity index is 1.26. The smallest absolute Gasteiger partial charge is 0.0564 e. The fourth-order valence-corrected chi connectivity index (χ4v) is 4.16. The number of nitrogens with one attached hydrogen (secondary N) is 1. The van der Waals surface area contributed by atoms with Gasteiger partial charge >= 0.3 is 0 Å². The van der Waals surface area contributed by atoms with Crippen molar-refractivity contribution < 1.29 is 5.11 Å². The molecule has 2 aliphatic carbocycles. The Labute approximate surface area is 124 Å². The Hall–Kier alpha value is -0.120. The summed E-state index contributed by atoms with van der Waals surface area (Å²) in [5.74, 6) is 2.14. The largest absolute Gasteiger partial charge is 0.393 e. The van der Waals surface area contributed by atoms with Crippen LogP contribution in [0.4, 0.5) is 0 Å². The summed E-state index contributed by atoms with van der Waals surface area (Å²) in [6.07, 6.45) is 12.0. The van der Waals surface area contributed by atoms with Crippen molar-refractivity contribution in [2.24, 2.45) is 11.8 Å². The van der Waals surface area contributed by atoms with Crippen LogP contribution in [0.1, 0.15) is 57.8 Å². The maximum atomic E-state index is 9.50. The number of aliphatic hydroxyl groups excluding tert-OH is 1. The number of nitrogens with zero attached hydrogens (tertiary/aromatic N) is 1. The van der Waals surface area contributed by atoms with Crippen LogP contribution < -0.4 is 5.32 Å². The molecule has 1 aliphatic heterocycles. The molecule has 0 spiro atoms. The zero-order valence-corrected chi connectivity index (χ0v) is 12.9. The van der Waals surface area contributed by atoms with Gasteiger partial charge < -0.3 is 15.3 Å². The lowest BCUT2D eigenvalue weighted by Gasteiger charge is -2.31. The predicted molar refractivity (Wildman–Crippen MR) is 82.8 cm³/mol. The fourth-order valence-electron chi connectivity index (χ4n) is 4.16. The van der Waals surface area contributed by atoms with E-state index in [2.05, 4.69) is 10.2 Å². The summed E-state index contributed by atoms with van der Waals surface area (Å²) < 4.78 is 0. The number of hydrogen-bond acceptors (Lipinski definition) is 3. The molecule has 0 aromatic rings. The lowest BCUT2D eigenvalue weighted by molar-refractivity contribution is 0.0819. The van der Waals surface area contributed by atoms with E-state index in [-0.39, 0.29) is 6.10 Å². The van der Waals surface area contributed by atoms with Crippen LogP contribution in [0.2, 0.25) is 0 Å². The van der Waals surface area contributed by atoms with E-state index in [0.29, 0.717) is 0 Å². The van der Waals surface area contributed by atoms with Crippen LogP contribution in [-0.2, 0) is 0 Å². The van der Waals surface area contributed by atoms with Gasteiger partial charge in [0, 0.05) is 19.1 Å². The van der Waals surface area contributed by atoms with Gasteiger partial charge in [0.2, 0.25) is 0 Å². The van der Waals surface area contributed by atoms with Crippen LogP contribution in [0.15, 0.2) is 0 Å². The van der Waals surface area contributed by atoms with Gasteiger partial charge in [-0.05, 0) is 69.9 Å². The number of piperidine rings is 1. The summed E-state index contributed by atoms with van der Waals surface area (Å²) in [7, 11) is 0. The van der Waals surface area contributed by atoms with E-state index in [1.807, 2.05) is 0 Å². The molecule has 2 N–H and O–H groups in total. The highest BCUT2D eigenvalue weighted by molar-refractivity contribution is 4.87. The molecule has 0 amide bonds. The maximum Gasteiger partial charge on any atom is 0.0564 e. The first-order valence-corrected chi connectivity index (χ1v) is 8.95. The molecule has 0 aromatic carbocycles. The van der Waals surface area contributed by atoms with Gasteiger partial charge in [-0.15, -0.1) is 0 Å². The molecule has 116 valence electrons. The molecule has 3 nitrogen and oxygen atoms in total. The Bertz CT molecular complexity index is 285. The van der Waals surface area contributed by atoms with Gasteiger partial charge in [0.05, 0.1) is 6.10 Å². The summed E-state index contributed by atoms with van der Waals surface area (Å²) in [4.78, 5) is 2.52. The van der Waals surface area contributed by atoms with Crippen molar-refractivity contribution in [1.29, 1.82) is 0 Å². The highest BCUT2D eigenvalue weighted by atomic mass is 16.3. The normalized spacial score (nSPS) is 33.5. The van der Waals surface area contributed by atoms with E-state index >= 15 is 0 Å². The zero-order chi connectivity index (χ0) is 13.8. The average molecular weight is 280 g/mol. The van der Waals surface area contributed by atoms with Crippen LogP contribution in [-0.4, -0.2) is 48.3 Å². The molecule has 2 saturated carbocycles. The first kappa shape index (κ1) is 14.8. The van der Waals surface area contributed by atoms with Crippen molar-refractivity contribution in [3.63, 3.8) is 0 Å². The SMILES string of the molecule is OC1CCN(CCCNC2CCCC(C3CC3)C2)CC1. The van der Waals surface area contributed by atoms with Gasteiger partial charge in [-0.1, -0.05) is 12.8 Å². The van der Waals surface area contributed by atoms with Crippen LogP contribution in [0.5, 0.6) is 0 Å². The summed E-state index contributed by atoms with van der Waals surface area (Å²) in [5, 5.41) is 13.3. The molecule has 3 aliphatic rings. The predicted octanol–water partition coefficient (Wildman–Crippen LogP) is 2.39. The second-order valence-corrected chi connectivity index (χ2v) is 7.34. The van der Waals surface area contributed by atoms with Crippen molar-refractivity contribution in [1.82, 2.24) is 10.2 Å². The molecule has 2 atom stereocenters. The molecule has 0 bridgehead atoms. The van der Waals surface area contributed by atoms with E-state index in [1.54, 1.807) is 0 Å². The van der Waals surface area contributed by atoms with E-state index < -0.39 is 0 Å². The topological polar surface area (TPSA) is 35.5 Å². The van der Waals surface area contributed by atoms with E-state index in [4.69, 9.17) is 0 Å². The molecule has 3 fully saturated rings. The summed E-state index contributed by atoms with van der Waals surface area (Å²) in [6.45, 7) is 4.57. The minimum Gasteiger partial charge on any atom is -0.393 e. The third-order valence-corrected chi connectivity index (χ3v) is 5.64. The standard InChI is InChI=1S/C17H32N2O/c20-17-7-11-19(12-8-17)10-2-9-18-16-4-1-3-15(13-16)14-5-6-14/h14-18,20H,1-13H2. The minimum atomic E-state index is -0.0361. The highest BCUT2D eigenvalue weighted by Gasteiger charge is 2.34. The number of likely N-dealkylation sites (tertiary alicyclic amines) is 1. The van der Waals surface area contributed by atoms with Gasteiger partial charge in [0.15, 0.2) is 0 Å². The van der Waals surface area contributed by atoms with Gasteiger partial charge in [-0.2, -0.15) is 0 Å². The summed E-state index contributed by atoms with van der Waals surface area (Å²) >= 11 is 0. The molecule has 20 heavy (non-hydrogen) atoms. The second kappa shape index (κ2) is 7.24. The fraction of sp³-hybridized carbons (Fsp3) is 1.00. The van der Waals surface area contributed by atoms with Crippen LogP contribution in [0.3, 0.4) is 0 Å². The highest BCUT2D eigenvalue weighted by Crippen LogP contribution is 2.43. The Morgan fingerprint density at radius 1 is 0.950 bits per heavy atom. The molecule has 1 heterocycles. The summed E-state index contributed by atoms with van der Waals surface area (Å²) in [5.41, 5.74) is 0. The minimum absolute atomic E-state index is 0.0361. The molecule has 3 rings (SSSR count). The lowest BCUT2D eigenvalue weighted by atomic mass is 9.83. The lowest BCUT2D eigenvalue weighted by Crippen LogP contribution is -2.39. The first-order chi connectivity index (χ1) is 9.81. The Morgan fingerprint density at radius 2 is 1.75 bits per heavy atom. The van der Waals surface area contributed by atoms with E-state index in [1.165, 1.54) is 58.0 Å². The third kappa shape index (κ3) is 4.44. The van der Waals surface area contributed by atoms with Gasteiger partial charge in [0.25, 0.3) is 0 Å². The van der Waals surface area contributed by atoms with Crippen molar-refractivity contribution in [2.75, 3.05) is 26.2 Å². The summed E-state index contributed by atoms with van der Waals surface area (Å²) in [6, 6.07) is 0.803. The molecule has 0 aromatic heterocycles. The molecular weight excluding hydrogens is 248 g/mol. The first-order valence-electron chi connectivity index (χ1n) is 8.95. The Kier molecular flexibility index (Phi) is 5.36. The molecule has 1 saturated heterocycles. The second-order valence-electron chi connectivity index (χ2n) is 7.34. The monoisotopic (exact) mass is 280 g/mol. The van der Waals surface area contributed by atoms with Gasteiger partial charge in [-0.25, -0.2) is 0 Å². The van der Waals surface area contributed by atoms with Crippen molar-refractivity contribution in [3.05, 3.63) is 0 Å². The van der Waals surface area contributed by atoms with Gasteiger partial charge in [-0.3, -0.25) is 0 Å². The van der Waals surface area contributed by atoms with Crippen LogP contribution in [0.25, 0.3) is 0 Å². The molecule has 2 unspecified atom stereocenters. The zero-order valence-electron chi connectivity index (χ0n) is 12.9. The molecule has 0 radical (unpaired) electrons. The quantitative estimate of drug-likeness (QED) is 0.733. The van der Waals surface area contributed by atoms with E-state index in [9.17, 15) is 5.11 Å². The van der Waals surface area contributed by atoms with Crippen molar-refractivity contribution in [2.45, 2.75) is 69.9 Å². The Morgan fingerprint density at radius 3 is 2.50 bits per heavy atom. The molecule has 3 heteroatoms. The van der Waals surface area contributed by atoms with Crippen LogP contribution in [0, 0.1) is 11.8 Å². The van der Waals surface area contributed by atoms with Gasteiger partial charge in [0.1, 0.15) is 0 Å². The number of aliphatic hydroxyl groups is 1. The van der Waals surface area contributed by atoms with Crippen LogP contribution >= 0.6 is 0 Å². The van der Waals surface area contributed by atoms with Crippen molar-refractivity contribution in [3.8, 4) is 0 Å². The average Bonchev–Trinajstić information content (AvgIpc) is 3.30. The number of hydrogen-bond donors (Lipinski definition) is 2. The molecular formula is C17H32N2O. The number of rotatable bonds is 6.